The highest BCUT2D eigenvalue weighted by atomic mass is 32.2. The van der Waals surface area contributed by atoms with Crippen LogP contribution in [0.3, 0.4) is 0 Å². The lowest BCUT2D eigenvalue weighted by atomic mass is 9.81. The Bertz CT molecular complexity index is 397. The third kappa shape index (κ3) is 4.94. The van der Waals surface area contributed by atoms with Crippen LogP contribution in [0.1, 0.15) is 27.2 Å². The van der Waals surface area contributed by atoms with Crippen LogP contribution >= 0.6 is 0 Å². The first-order chi connectivity index (χ1) is 8.09. The molecule has 5 nitrogen and oxygen atoms in total. The second-order valence-electron chi connectivity index (χ2n) is 6.08. The summed E-state index contributed by atoms with van der Waals surface area (Å²) in [5.74, 6) is -0.619. The number of amides is 1. The fourth-order valence-corrected chi connectivity index (χ4v) is 2.91. The van der Waals surface area contributed by atoms with Crippen molar-refractivity contribution in [2.24, 2.45) is 11.3 Å². The molecule has 2 atom stereocenters. The van der Waals surface area contributed by atoms with Gasteiger partial charge in [-0.2, -0.15) is 0 Å². The van der Waals surface area contributed by atoms with Crippen LogP contribution < -0.4 is 5.32 Å². The van der Waals surface area contributed by atoms with Gasteiger partial charge >= 0.3 is 0 Å². The molecule has 0 aromatic rings. The van der Waals surface area contributed by atoms with Crippen molar-refractivity contribution in [3.63, 3.8) is 0 Å². The van der Waals surface area contributed by atoms with E-state index in [2.05, 4.69) is 26.1 Å². The molecule has 0 saturated carbocycles. The van der Waals surface area contributed by atoms with Crippen LogP contribution in [0.25, 0.3) is 0 Å². The first-order valence-corrected chi connectivity index (χ1v) is 8.21. The van der Waals surface area contributed by atoms with Crippen LogP contribution in [0.4, 0.5) is 0 Å². The smallest absolute Gasteiger partial charge is 0.235 e. The van der Waals surface area contributed by atoms with E-state index in [9.17, 15) is 13.2 Å². The van der Waals surface area contributed by atoms with Crippen LogP contribution in [0.2, 0.25) is 0 Å². The molecule has 1 heterocycles. The summed E-state index contributed by atoms with van der Waals surface area (Å²) in [5.41, 5.74) is 0.0305. The van der Waals surface area contributed by atoms with E-state index in [1.807, 2.05) is 0 Å². The van der Waals surface area contributed by atoms with E-state index in [1.54, 1.807) is 0 Å². The molecule has 0 spiro atoms. The van der Waals surface area contributed by atoms with E-state index in [-0.39, 0.29) is 17.4 Å². The number of sulfone groups is 1. The molecule has 1 rings (SSSR count). The van der Waals surface area contributed by atoms with Crippen LogP contribution in [0.15, 0.2) is 0 Å². The predicted molar refractivity (Wildman–Crippen MR) is 70.0 cm³/mol. The lowest BCUT2D eigenvalue weighted by Crippen LogP contribution is -2.40. The molecule has 0 unspecified atom stereocenters. The fourth-order valence-electron chi connectivity index (χ4n) is 2.33. The standard InChI is InChI=1S/C12H23NO4S/c1-12(2,3)11-9(5-6-17-11)7-13-10(14)8-18(4,15)16/h9,11H,5-8H2,1-4H3,(H,13,14)/t9-,11+/m1/s1. The first kappa shape index (κ1) is 15.4. The van der Waals surface area contributed by atoms with Gasteiger partial charge in [0.2, 0.25) is 5.91 Å². The highest BCUT2D eigenvalue weighted by molar-refractivity contribution is 7.91. The summed E-state index contributed by atoms with van der Waals surface area (Å²) in [4.78, 5) is 11.4. The molecular weight excluding hydrogens is 254 g/mol. The number of hydrogen-bond acceptors (Lipinski definition) is 4. The summed E-state index contributed by atoms with van der Waals surface area (Å²) >= 11 is 0. The summed E-state index contributed by atoms with van der Waals surface area (Å²) in [6, 6.07) is 0. The summed E-state index contributed by atoms with van der Waals surface area (Å²) in [5, 5.41) is 2.69. The molecule has 1 saturated heterocycles. The van der Waals surface area contributed by atoms with Gasteiger partial charge < -0.3 is 10.1 Å². The summed E-state index contributed by atoms with van der Waals surface area (Å²) in [6.07, 6.45) is 2.07. The minimum absolute atomic E-state index is 0.0305. The Morgan fingerprint density at radius 2 is 2.00 bits per heavy atom. The van der Waals surface area contributed by atoms with Gasteiger partial charge in [0.15, 0.2) is 9.84 Å². The molecule has 1 amide bonds. The highest BCUT2D eigenvalue weighted by Crippen LogP contribution is 2.34. The molecule has 18 heavy (non-hydrogen) atoms. The zero-order valence-electron chi connectivity index (χ0n) is 11.5. The third-order valence-electron chi connectivity index (χ3n) is 3.02. The number of carbonyl (C=O) groups is 1. The fraction of sp³-hybridized carbons (Fsp3) is 0.917. The van der Waals surface area contributed by atoms with Gasteiger partial charge in [-0.25, -0.2) is 8.42 Å². The number of rotatable bonds is 4. The third-order valence-corrected chi connectivity index (χ3v) is 3.81. The second kappa shape index (κ2) is 5.57. The van der Waals surface area contributed by atoms with Gasteiger partial charge in [0, 0.05) is 25.3 Å². The van der Waals surface area contributed by atoms with Gasteiger partial charge in [-0.3, -0.25) is 4.79 Å². The Morgan fingerprint density at radius 3 is 2.50 bits per heavy atom. The zero-order valence-corrected chi connectivity index (χ0v) is 12.3. The summed E-state index contributed by atoms with van der Waals surface area (Å²) in [7, 11) is -3.25. The average molecular weight is 277 g/mol. The normalized spacial score (nSPS) is 25.1. The largest absolute Gasteiger partial charge is 0.377 e. The molecule has 106 valence electrons. The molecular formula is C12H23NO4S. The minimum Gasteiger partial charge on any atom is -0.377 e. The Morgan fingerprint density at radius 1 is 1.39 bits per heavy atom. The topological polar surface area (TPSA) is 72.5 Å². The first-order valence-electron chi connectivity index (χ1n) is 6.15. The molecule has 0 aromatic heterocycles. The summed E-state index contributed by atoms with van der Waals surface area (Å²) in [6.45, 7) is 7.50. The van der Waals surface area contributed by atoms with Crippen molar-refractivity contribution < 1.29 is 17.9 Å². The Kier molecular flexibility index (Phi) is 4.78. The maximum absolute atomic E-state index is 11.4. The van der Waals surface area contributed by atoms with Crippen LogP contribution in [-0.4, -0.2) is 45.6 Å². The SMILES string of the molecule is CC(C)(C)[C@H]1OCC[C@@H]1CNC(=O)CS(C)(=O)=O. The van der Waals surface area contributed by atoms with Crippen LogP contribution in [0, 0.1) is 11.3 Å². The lowest BCUT2D eigenvalue weighted by Gasteiger charge is -2.31. The maximum Gasteiger partial charge on any atom is 0.235 e. The van der Waals surface area contributed by atoms with Gasteiger partial charge in [-0.1, -0.05) is 20.8 Å². The minimum atomic E-state index is -3.25. The number of hydrogen-bond donors (Lipinski definition) is 1. The highest BCUT2D eigenvalue weighted by Gasteiger charge is 2.37. The Labute approximate surface area is 109 Å². The number of ether oxygens (including phenoxy) is 1. The zero-order chi connectivity index (χ0) is 14.0. The van der Waals surface area contributed by atoms with Crippen molar-refractivity contribution in [2.45, 2.75) is 33.3 Å². The molecule has 1 N–H and O–H groups in total. The van der Waals surface area contributed by atoms with Crippen molar-refractivity contribution >= 4 is 15.7 Å². The van der Waals surface area contributed by atoms with Crippen molar-refractivity contribution in [1.82, 2.24) is 5.32 Å². The molecule has 6 heteroatoms. The second-order valence-corrected chi connectivity index (χ2v) is 8.22. The van der Waals surface area contributed by atoms with Gasteiger partial charge in [0.1, 0.15) is 5.75 Å². The molecule has 1 fully saturated rings. The van der Waals surface area contributed by atoms with Crippen LogP contribution in [0.5, 0.6) is 0 Å². The number of carbonyl (C=O) groups excluding carboxylic acids is 1. The number of nitrogens with one attached hydrogen (secondary N) is 1. The van der Waals surface area contributed by atoms with Crippen molar-refractivity contribution in [3.05, 3.63) is 0 Å². The molecule has 0 aliphatic carbocycles. The van der Waals surface area contributed by atoms with Gasteiger partial charge in [0.25, 0.3) is 0 Å². The van der Waals surface area contributed by atoms with Gasteiger partial charge in [-0.15, -0.1) is 0 Å². The predicted octanol–water partition coefficient (Wildman–Crippen LogP) is 0.598. The molecule has 0 bridgehead atoms. The van der Waals surface area contributed by atoms with Crippen LogP contribution in [-0.2, 0) is 19.4 Å². The van der Waals surface area contributed by atoms with E-state index in [1.165, 1.54) is 0 Å². The van der Waals surface area contributed by atoms with Crippen molar-refractivity contribution in [1.29, 1.82) is 0 Å². The molecule has 1 aliphatic heterocycles. The quantitative estimate of drug-likeness (QED) is 0.816. The Hall–Kier alpha value is -0.620. The molecule has 0 radical (unpaired) electrons. The maximum atomic E-state index is 11.4. The Balaban J connectivity index is 2.46. The van der Waals surface area contributed by atoms with Crippen molar-refractivity contribution in [3.8, 4) is 0 Å². The molecule has 0 aromatic carbocycles. The lowest BCUT2D eigenvalue weighted by molar-refractivity contribution is -0.119. The average Bonchev–Trinajstić information content (AvgIpc) is 2.58. The van der Waals surface area contributed by atoms with Gasteiger partial charge in [0.05, 0.1) is 6.10 Å². The van der Waals surface area contributed by atoms with E-state index >= 15 is 0 Å². The van der Waals surface area contributed by atoms with Crippen molar-refractivity contribution in [2.75, 3.05) is 25.2 Å². The monoisotopic (exact) mass is 277 g/mol. The van der Waals surface area contributed by atoms with E-state index in [0.717, 1.165) is 12.7 Å². The van der Waals surface area contributed by atoms with Gasteiger partial charge in [-0.05, 0) is 11.8 Å². The van der Waals surface area contributed by atoms with E-state index in [0.29, 0.717) is 13.2 Å². The summed E-state index contributed by atoms with van der Waals surface area (Å²) < 4.78 is 27.6. The molecule has 1 aliphatic rings. The van der Waals surface area contributed by atoms with E-state index in [4.69, 9.17) is 4.74 Å². The van der Waals surface area contributed by atoms with E-state index < -0.39 is 21.5 Å².